The average molecular weight is 326 g/mol. The van der Waals surface area contributed by atoms with Gasteiger partial charge in [-0.05, 0) is 12.3 Å². The number of nitrogens with zero attached hydrogens (tertiary/aromatic N) is 3. The molecule has 2 N–H and O–H groups in total. The molecular formula is C15H26N4O4. The predicted molar refractivity (Wildman–Crippen MR) is 84.0 cm³/mol. The fourth-order valence-electron chi connectivity index (χ4n) is 3.13. The Labute approximate surface area is 136 Å². The van der Waals surface area contributed by atoms with E-state index in [1.54, 1.807) is 30.7 Å². The van der Waals surface area contributed by atoms with Crippen LogP contribution in [0, 0.1) is 5.92 Å². The summed E-state index contributed by atoms with van der Waals surface area (Å²) in [4.78, 5) is 40.6. The predicted octanol–water partition coefficient (Wildman–Crippen LogP) is -0.348. The second kappa shape index (κ2) is 6.74. The molecule has 2 saturated heterocycles. The summed E-state index contributed by atoms with van der Waals surface area (Å²) in [5, 5.41) is 12.3. The summed E-state index contributed by atoms with van der Waals surface area (Å²) >= 11 is 0. The maximum absolute atomic E-state index is 12.6. The molecule has 0 unspecified atom stereocenters. The Morgan fingerprint density at radius 1 is 1.26 bits per heavy atom. The monoisotopic (exact) mass is 326 g/mol. The molecule has 0 bridgehead atoms. The molecule has 0 aromatic rings. The van der Waals surface area contributed by atoms with E-state index in [4.69, 9.17) is 0 Å². The highest BCUT2D eigenvalue weighted by Gasteiger charge is 2.39. The maximum atomic E-state index is 12.6. The van der Waals surface area contributed by atoms with Gasteiger partial charge in [0.25, 0.3) is 0 Å². The summed E-state index contributed by atoms with van der Waals surface area (Å²) in [5.74, 6) is -1.10. The third-order valence-electron chi connectivity index (χ3n) is 4.63. The van der Waals surface area contributed by atoms with Gasteiger partial charge in [0, 0.05) is 33.7 Å². The molecule has 2 aliphatic rings. The molecule has 3 amide bonds. The molecule has 0 aromatic carbocycles. The SMILES string of the molecule is CC(C)[C@@H](C(=O)O)N(C)C(=O)N(C)[C@H]1CCN(C(=O)[C@H]2CN2)C1. The highest BCUT2D eigenvalue weighted by atomic mass is 16.4. The van der Waals surface area contributed by atoms with Gasteiger partial charge in [0.1, 0.15) is 6.04 Å². The lowest BCUT2D eigenvalue weighted by molar-refractivity contribution is -0.143. The number of likely N-dealkylation sites (N-methyl/N-ethyl adjacent to an activating group) is 2. The minimum Gasteiger partial charge on any atom is -0.480 e. The molecule has 0 saturated carbocycles. The molecule has 2 rings (SSSR count). The number of nitrogens with one attached hydrogen (secondary N) is 1. The summed E-state index contributed by atoms with van der Waals surface area (Å²) in [5.41, 5.74) is 0. The van der Waals surface area contributed by atoms with Gasteiger partial charge in [-0.15, -0.1) is 0 Å². The van der Waals surface area contributed by atoms with Gasteiger partial charge in [0.2, 0.25) is 5.91 Å². The van der Waals surface area contributed by atoms with Crippen LogP contribution in [0.2, 0.25) is 0 Å². The van der Waals surface area contributed by atoms with E-state index in [9.17, 15) is 19.5 Å². The highest BCUT2D eigenvalue weighted by molar-refractivity contribution is 5.85. The number of carboxylic acids is 1. The fourth-order valence-corrected chi connectivity index (χ4v) is 3.13. The number of hydrogen-bond donors (Lipinski definition) is 2. The molecule has 2 heterocycles. The lowest BCUT2D eigenvalue weighted by atomic mass is 10.0. The van der Waals surface area contributed by atoms with Gasteiger partial charge in [0.05, 0.1) is 12.1 Å². The lowest BCUT2D eigenvalue weighted by Gasteiger charge is -2.34. The fraction of sp³-hybridized carbons (Fsp3) is 0.800. The van der Waals surface area contributed by atoms with E-state index >= 15 is 0 Å². The molecule has 0 radical (unpaired) electrons. The van der Waals surface area contributed by atoms with Crippen molar-refractivity contribution in [1.29, 1.82) is 0 Å². The van der Waals surface area contributed by atoms with Gasteiger partial charge >= 0.3 is 12.0 Å². The quantitative estimate of drug-likeness (QED) is 0.672. The smallest absolute Gasteiger partial charge is 0.326 e. The van der Waals surface area contributed by atoms with Crippen LogP contribution in [0.15, 0.2) is 0 Å². The average Bonchev–Trinajstić information content (AvgIpc) is 3.21. The molecule has 0 spiro atoms. The standard InChI is InChI=1S/C15H26N4O4/c1-9(2)12(14(21)22)18(4)15(23)17(3)10-5-6-19(8-10)13(20)11-7-16-11/h9-12,16H,5-8H2,1-4H3,(H,21,22)/t10-,11+,12-/m0/s1. The van der Waals surface area contributed by atoms with E-state index in [1.165, 1.54) is 11.9 Å². The van der Waals surface area contributed by atoms with Crippen LogP contribution >= 0.6 is 0 Å². The lowest BCUT2D eigenvalue weighted by Crippen LogP contribution is -2.53. The third-order valence-corrected chi connectivity index (χ3v) is 4.63. The molecule has 130 valence electrons. The van der Waals surface area contributed by atoms with Crippen LogP contribution in [-0.2, 0) is 9.59 Å². The molecule has 8 nitrogen and oxygen atoms in total. The summed E-state index contributed by atoms with van der Waals surface area (Å²) in [7, 11) is 3.19. The van der Waals surface area contributed by atoms with Crippen molar-refractivity contribution in [1.82, 2.24) is 20.0 Å². The Morgan fingerprint density at radius 2 is 1.87 bits per heavy atom. The Kier molecular flexibility index (Phi) is 5.13. The van der Waals surface area contributed by atoms with Crippen LogP contribution in [0.5, 0.6) is 0 Å². The molecule has 0 aliphatic carbocycles. The molecule has 2 fully saturated rings. The number of hydrogen-bond acceptors (Lipinski definition) is 4. The summed E-state index contributed by atoms with van der Waals surface area (Å²) in [6.45, 7) is 5.43. The van der Waals surface area contributed by atoms with Crippen LogP contribution in [0.3, 0.4) is 0 Å². The van der Waals surface area contributed by atoms with Gasteiger partial charge < -0.3 is 25.1 Å². The summed E-state index contributed by atoms with van der Waals surface area (Å²) in [6, 6.07) is -1.32. The minimum absolute atomic E-state index is 0.0604. The Morgan fingerprint density at radius 3 is 2.35 bits per heavy atom. The largest absolute Gasteiger partial charge is 0.480 e. The first-order chi connectivity index (χ1) is 10.7. The van der Waals surface area contributed by atoms with Gasteiger partial charge in [-0.1, -0.05) is 13.8 Å². The van der Waals surface area contributed by atoms with E-state index < -0.39 is 12.0 Å². The maximum Gasteiger partial charge on any atom is 0.326 e. The van der Waals surface area contributed by atoms with Crippen molar-refractivity contribution in [2.24, 2.45) is 5.92 Å². The Bertz CT molecular complexity index is 492. The number of amides is 3. The molecule has 3 atom stereocenters. The van der Waals surface area contributed by atoms with Crippen LogP contribution in [0.25, 0.3) is 0 Å². The Hall–Kier alpha value is -1.83. The van der Waals surface area contributed by atoms with Gasteiger partial charge in [0.15, 0.2) is 0 Å². The number of likely N-dealkylation sites (tertiary alicyclic amines) is 1. The summed E-state index contributed by atoms with van der Waals surface area (Å²) in [6.07, 6.45) is 0.716. The first-order valence-electron chi connectivity index (χ1n) is 7.98. The third kappa shape index (κ3) is 3.74. The van der Waals surface area contributed by atoms with Crippen molar-refractivity contribution in [3.63, 3.8) is 0 Å². The highest BCUT2D eigenvalue weighted by Crippen LogP contribution is 2.19. The number of carbonyl (C=O) groups is 3. The molecule has 8 heteroatoms. The van der Waals surface area contributed by atoms with Crippen molar-refractivity contribution >= 4 is 17.9 Å². The van der Waals surface area contributed by atoms with E-state index in [1.807, 2.05) is 0 Å². The molecule has 23 heavy (non-hydrogen) atoms. The van der Waals surface area contributed by atoms with Crippen LogP contribution in [0.4, 0.5) is 4.79 Å². The second-order valence-corrected chi connectivity index (χ2v) is 6.72. The number of carboxylic acid groups (broad SMARTS) is 1. The topological polar surface area (TPSA) is 103 Å². The first kappa shape index (κ1) is 17.5. The van der Waals surface area contributed by atoms with E-state index in [0.717, 1.165) is 6.54 Å². The van der Waals surface area contributed by atoms with E-state index in [0.29, 0.717) is 19.5 Å². The zero-order chi connectivity index (χ0) is 17.3. The minimum atomic E-state index is -1.01. The molecule has 2 aliphatic heterocycles. The van der Waals surface area contributed by atoms with E-state index in [-0.39, 0.29) is 29.9 Å². The Balaban J connectivity index is 1.96. The van der Waals surface area contributed by atoms with E-state index in [2.05, 4.69) is 5.32 Å². The van der Waals surface area contributed by atoms with Crippen molar-refractivity contribution in [2.45, 2.75) is 38.4 Å². The number of rotatable bonds is 5. The normalized spacial score (nSPS) is 24.5. The summed E-state index contributed by atoms with van der Waals surface area (Å²) < 4.78 is 0. The van der Waals surface area contributed by atoms with Crippen molar-refractivity contribution in [2.75, 3.05) is 33.7 Å². The van der Waals surface area contributed by atoms with Crippen molar-refractivity contribution < 1.29 is 19.5 Å². The van der Waals surface area contributed by atoms with Crippen LogP contribution in [-0.4, -0.2) is 89.6 Å². The number of carbonyl (C=O) groups excluding carboxylic acids is 2. The van der Waals surface area contributed by atoms with Gasteiger partial charge in [-0.2, -0.15) is 0 Å². The van der Waals surface area contributed by atoms with Crippen LogP contribution < -0.4 is 5.32 Å². The first-order valence-corrected chi connectivity index (χ1v) is 7.98. The van der Waals surface area contributed by atoms with Crippen LogP contribution in [0.1, 0.15) is 20.3 Å². The van der Waals surface area contributed by atoms with Crippen molar-refractivity contribution in [3.8, 4) is 0 Å². The number of urea groups is 1. The zero-order valence-electron chi connectivity index (χ0n) is 14.2. The number of aliphatic carboxylic acids is 1. The van der Waals surface area contributed by atoms with Gasteiger partial charge in [-0.3, -0.25) is 4.79 Å². The second-order valence-electron chi connectivity index (χ2n) is 6.72. The zero-order valence-corrected chi connectivity index (χ0v) is 14.2. The van der Waals surface area contributed by atoms with Gasteiger partial charge in [-0.25, -0.2) is 9.59 Å². The molecule has 0 aromatic heterocycles. The molecular weight excluding hydrogens is 300 g/mol. The van der Waals surface area contributed by atoms with Crippen molar-refractivity contribution in [3.05, 3.63) is 0 Å².